The Labute approximate surface area is 123 Å². The Kier molecular flexibility index (Phi) is 5.08. The molecule has 0 bridgehead atoms. The molecule has 1 saturated heterocycles. The molecule has 4 unspecified atom stereocenters. The molecule has 4 heteroatoms. The first-order valence-corrected chi connectivity index (χ1v) is 7.99. The highest BCUT2D eigenvalue weighted by Gasteiger charge is 2.38. The lowest BCUT2D eigenvalue weighted by Gasteiger charge is -2.41. The maximum atomic E-state index is 12.5. The first kappa shape index (κ1) is 15.8. The van der Waals surface area contributed by atoms with Gasteiger partial charge in [-0.1, -0.05) is 33.6 Å². The Hall–Kier alpha value is -0.610. The van der Waals surface area contributed by atoms with Gasteiger partial charge in [0.2, 0.25) is 5.91 Å². The molecule has 1 aliphatic carbocycles. The van der Waals surface area contributed by atoms with Crippen LogP contribution in [0.1, 0.15) is 46.5 Å². The van der Waals surface area contributed by atoms with Crippen molar-refractivity contribution in [3.8, 4) is 0 Å². The van der Waals surface area contributed by atoms with Crippen LogP contribution in [0, 0.1) is 17.3 Å². The zero-order chi connectivity index (χ0) is 14.8. The summed E-state index contributed by atoms with van der Waals surface area (Å²) in [5.74, 6) is 0.709. The molecule has 4 atom stereocenters. The van der Waals surface area contributed by atoms with E-state index in [-0.39, 0.29) is 23.3 Å². The van der Waals surface area contributed by atoms with Crippen LogP contribution >= 0.6 is 0 Å². The van der Waals surface area contributed by atoms with Crippen molar-refractivity contribution in [2.45, 2.75) is 58.5 Å². The minimum absolute atomic E-state index is 0.0393. The predicted molar refractivity (Wildman–Crippen MR) is 80.5 cm³/mol. The summed E-state index contributed by atoms with van der Waals surface area (Å²) in [4.78, 5) is 12.5. The molecule has 0 radical (unpaired) electrons. The molecule has 1 saturated carbocycles. The fourth-order valence-corrected chi connectivity index (χ4v) is 3.73. The molecular formula is C16H30N2O2. The summed E-state index contributed by atoms with van der Waals surface area (Å²) in [6, 6.07) is 0.487. The van der Waals surface area contributed by atoms with Crippen LogP contribution in [0.3, 0.4) is 0 Å². The van der Waals surface area contributed by atoms with Gasteiger partial charge in [-0.25, -0.2) is 0 Å². The Morgan fingerprint density at radius 1 is 1.10 bits per heavy atom. The van der Waals surface area contributed by atoms with E-state index in [1.54, 1.807) is 0 Å². The summed E-state index contributed by atoms with van der Waals surface area (Å²) in [5.41, 5.74) is 0.257. The van der Waals surface area contributed by atoms with Crippen LogP contribution < -0.4 is 10.6 Å². The summed E-state index contributed by atoms with van der Waals surface area (Å²) >= 11 is 0. The van der Waals surface area contributed by atoms with Gasteiger partial charge < -0.3 is 15.4 Å². The van der Waals surface area contributed by atoms with Crippen molar-refractivity contribution in [1.29, 1.82) is 0 Å². The third-order valence-corrected chi connectivity index (χ3v) is 4.99. The molecule has 0 aromatic rings. The van der Waals surface area contributed by atoms with Crippen LogP contribution in [-0.4, -0.2) is 38.3 Å². The van der Waals surface area contributed by atoms with E-state index in [0.717, 1.165) is 6.42 Å². The lowest BCUT2D eigenvalue weighted by molar-refractivity contribution is -0.127. The van der Waals surface area contributed by atoms with E-state index in [1.165, 1.54) is 19.3 Å². The Morgan fingerprint density at radius 2 is 1.80 bits per heavy atom. The zero-order valence-electron chi connectivity index (χ0n) is 13.4. The largest absolute Gasteiger partial charge is 0.379 e. The van der Waals surface area contributed by atoms with E-state index in [0.29, 0.717) is 25.2 Å². The third-order valence-electron chi connectivity index (χ3n) is 4.99. The zero-order valence-corrected chi connectivity index (χ0v) is 13.4. The molecule has 20 heavy (non-hydrogen) atoms. The molecule has 2 N–H and O–H groups in total. The van der Waals surface area contributed by atoms with Crippen molar-refractivity contribution in [3.63, 3.8) is 0 Å². The molecule has 2 fully saturated rings. The van der Waals surface area contributed by atoms with Gasteiger partial charge in [0.05, 0.1) is 19.1 Å². The predicted octanol–water partition coefficient (Wildman–Crippen LogP) is 1.94. The number of likely N-dealkylation sites (N-methyl/N-ethyl adjacent to an activating group) is 1. The number of hydrogen-bond donors (Lipinski definition) is 2. The highest BCUT2D eigenvalue weighted by Crippen LogP contribution is 2.38. The summed E-state index contributed by atoms with van der Waals surface area (Å²) in [6.07, 6.45) is 4.87. The molecule has 116 valence electrons. The molecule has 2 aliphatic rings. The van der Waals surface area contributed by atoms with E-state index in [1.807, 2.05) is 7.05 Å². The molecule has 1 aliphatic heterocycles. The maximum absolute atomic E-state index is 12.5. The number of rotatable bonds is 3. The Balaban J connectivity index is 1.98. The van der Waals surface area contributed by atoms with Gasteiger partial charge in [0, 0.05) is 12.1 Å². The van der Waals surface area contributed by atoms with E-state index >= 15 is 0 Å². The van der Waals surface area contributed by atoms with Crippen LogP contribution in [0.5, 0.6) is 0 Å². The van der Waals surface area contributed by atoms with Crippen molar-refractivity contribution >= 4 is 5.91 Å². The van der Waals surface area contributed by atoms with Crippen molar-refractivity contribution in [3.05, 3.63) is 0 Å². The van der Waals surface area contributed by atoms with E-state index < -0.39 is 0 Å². The maximum Gasteiger partial charge on any atom is 0.227 e. The second-order valence-corrected chi connectivity index (χ2v) is 7.41. The summed E-state index contributed by atoms with van der Waals surface area (Å²) < 4.78 is 5.44. The van der Waals surface area contributed by atoms with Crippen molar-refractivity contribution < 1.29 is 9.53 Å². The summed E-state index contributed by atoms with van der Waals surface area (Å²) in [5, 5.41) is 6.51. The van der Waals surface area contributed by atoms with Gasteiger partial charge in [0.1, 0.15) is 0 Å². The highest BCUT2D eigenvalue weighted by atomic mass is 16.5. The van der Waals surface area contributed by atoms with Gasteiger partial charge in [0.25, 0.3) is 0 Å². The van der Waals surface area contributed by atoms with Gasteiger partial charge in [-0.05, 0) is 31.2 Å². The number of hydrogen-bond acceptors (Lipinski definition) is 3. The fraction of sp³-hybridized carbons (Fsp3) is 0.938. The highest BCUT2D eigenvalue weighted by molar-refractivity contribution is 5.80. The van der Waals surface area contributed by atoms with Gasteiger partial charge in [0.15, 0.2) is 0 Å². The SMILES string of the molecule is CNC1COCC1C(=O)NC1CCCCC1C(C)(C)C. The summed E-state index contributed by atoms with van der Waals surface area (Å²) in [7, 11) is 1.90. The van der Waals surface area contributed by atoms with Crippen molar-refractivity contribution in [2.75, 3.05) is 20.3 Å². The standard InChI is InChI=1S/C16H30N2O2/c1-16(2,3)12-7-5-6-8-13(12)18-15(19)11-9-20-10-14(11)17-4/h11-14,17H,5-10H2,1-4H3,(H,18,19). The quantitative estimate of drug-likeness (QED) is 0.832. The number of nitrogens with one attached hydrogen (secondary N) is 2. The first-order chi connectivity index (χ1) is 9.43. The lowest BCUT2D eigenvalue weighted by Crippen LogP contribution is -2.51. The van der Waals surface area contributed by atoms with E-state index in [4.69, 9.17) is 4.74 Å². The second-order valence-electron chi connectivity index (χ2n) is 7.41. The minimum Gasteiger partial charge on any atom is -0.379 e. The van der Waals surface area contributed by atoms with Crippen LogP contribution in [0.2, 0.25) is 0 Å². The van der Waals surface area contributed by atoms with E-state index in [2.05, 4.69) is 31.4 Å². The number of carbonyl (C=O) groups excluding carboxylic acids is 1. The average molecular weight is 282 g/mol. The number of ether oxygens (including phenoxy) is 1. The van der Waals surface area contributed by atoms with Crippen LogP contribution in [0.25, 0.3) is 0 Å². The lowest BCUT2D eigenvalue weighted by atomic mass is 9.69. The minimum atomic E-state index is -0.0393. The van der Waals surface area contributed by atoms with Gasteiger partial charge in [-0.3, -0.25) is 4.79 Å². The molecule has 0 aromatic heterocycles. The second kappa shape index (κ2) is 6.44. The molecule has 2 rings (SSSR count). The van der Waals surface area contributed by atoms with E-state index in [9.17, 15) is 4.79 Å². The molecule has 0 aromatic carbocycles. The fourth-order valence-electron chi connectivity index (χ4n) is 3.73. The van der Waals surface area contributed by atoms with Crippen LogP contribution in [-0.2, 0) is 9.53 Å². The smallest absolute Gasteiger partial charge is 0.227 e. The normalized spacial score (nSPS) is 35.0. The summed E-state index contributed by atoms with van der Waals surface area (Å²) in [6.45, 7) is 8.05. The topological polar surface area (TPSA) is 50.4 Å². The van der Waals surface area contributed by atoms with Crippen molar-refractivity contribution in [1.82, 2.24) is 10.6 Å². The van der Waals surface area contributed by atoms with Crippen LogP contribution in [0.15, 0.2) is 0 Å². The van der Waals surface area contributed by atoms with Gasteiger partial charge in [-0.2, -0.15) is 0 Å². The molecule has 1 heterocycles. The third kappa shape index (κ3) is 3.53. The molecule has 4 nitrogen and oxygen atoms in total. The average Bonchev–Trinajstić information content (AvgIpc) is 2.86. The molecular weight excluding hydrogens is 252 g/mol. The number of amides is 1. The number of carbonyl (C=O) groups is 1. The Bertz CT molecular complexity index is 338. The van der Waals surface area contributed by atoms with Gasteiger partial charge in [-0.15, -0.1) is 0 Å². The first-order valence-electron chi connectivity index (χ1n) is 7.99. The monoisotopic (exact) mass is 282 g/mol. The molecule has 1 amide bonds. The Morgan fingerprint density at radius 3 is 2.45 bits per heavy atom. The molecule has 0 spiro atoms. The van der Waals surface area contributed by atoms with Crippen LogP contribution in [0.4, 0.5) is 0 Å². The van der Waals surface area contributed by atoms with Gasteiger partial charge >= 0.3 is 0 Å². The van der Waals surface area contributed by atoms with Crippen molar-refractivity contribution in [2.24, 2.45) is 17.3 Å².